The van der Waals surface area contributed by atoms with E-state index in [2.05, 4.69) is 15.5 Å². The van der Waals surface area contributed by atoms with Crippen LogP contribution in [0.2, 0.25) is 5.02 Å². The van der Waals surface area contributed by atoms with E-state index in [1.807, 2.05) is 0 Å². The number of hydrogen-bond donors (Lipinski definition) is 1. The number of ether oxygens (including phenoxy) is 2. The smallest absolute Gasteiger partial charge is 0.322 e. The number of amides is 1. The minimum Gasteiger partial charge on any atom is -0.454 e. The van der Waals surface area contributed by atoms with Gasteiger partial charge in [0, 0.05) is 16.1 Å². The minimum absolute atomic E-state index is 0.00242. The number of aromatic nitrogens is 2. The Kier molecular flexibility index (Phi) is 3.55. The highest BCUT2D eigenvalue weighted by molar-refractivity contribution is 6.30. The van der Waals surface area contributed by atoms with Gasteiger partial charge in [0.2, 0.25) is 12.7 Å². The Hall–Kier alpha value is -3.06. The van der Waals surface area contributed by atoms with Crippen LogP contribution in [0.1, 0.15) is 10.4 Å². The van der Waals surface area contributed by atoms with Crippen molar-refractivity contribution < 1.29 is 18.7 Å². The third-order valence-electron chi connectivity index (χ3n) is 3.37. The Labute approximate surface area is 141 Å². The van der Waals surface area contributed by atoms with E-state index in [-0.39, 0.29) is 24.6 Å². The number of rotatable bonds is 3. The van der Waals surface area contributed by atoms with Gasteiger partial charge in [-0.1, -0.05) is 16.7 Å². The number of anilines is 1. The van der Waals surface area contributed by atoms with Crippen molar-refractivity contribution in [1.29, 1.82) is 0 Å². The molecule has 1 aliphatic heterocycles. The lowest BCUT2D eigenvalue weighted by atomic mass is 10.2. The van der Waals surface area contributed by atoms with Crippen molar-refractivity contribution in [2.45, 2.75) is 0 Å². The second-order valence-electron chi connectivity index (χ2n) is 4.94. The van der Waals surface area contributed by atoms with Gasteiger partial charge in [-0.05, 0) is 42.5 Å². The molecule has 1 N–H and O–H groups in total. The molecule has 4 rings (SSSR count). The molecule has 0 radical (unpaired) electrons. The molecule has 24 heavy (non-hydrogen) atoms. The zero-order chi connectivity index (χ0) is 16.5. The highest BCUT2D eigenvalue weighted by Gasteiger charge is 2.17. The van der Waals surface area contributed by atoms with Crippen LogP contribution >= 0.6 is 11.6 Å². The molecule has 0 spiro atoms. The van der Waals surface area contributed by atoms with Crippen molar-refractivity contribution in [2.24, 2.45) is 0 Å². The maximum atomic E-state index is 12.1. The second kappa shape index (κ2) is 5.86. The summed E-state index contributed by atoms with van der Waals surface area (Å²) in [4.78, 5) is 12.1. The van der Waals surface area contributed by atoms with Crippen molar-refractivity contribution in [3.05, 3.63) is 53.1 Å². The Morgan fingerprint density at radius 1 is 1.04 bits per heavy atom. The molecule has 0 fully saturated rings. The van der Waals surface area contributed by atoms with Crippen LogP contribution in [0.5, 0.6) is 11.5 Å². The number of fused-ring (bicyclic) bond motifs is 1. The fraction of sp³-hybridized carbons (Fsp3) is 0.0625. The zero-order valence-electron chi connectivity index (χ0n) is 12.2. The number of hydrogen-bond acceptors (Lipinski definition) is 6. The Morgan fingerprint density at radius 3 is 2.67 bits per heavy atom. The normalized spacial score (nSPS) is 12.2. The lowest BCUT2D eigenvalue weighted by Gasteiger charge is -2.00. The van der Waals surface area contributed by atoms with E-state index >= 15 is 0 Å². The minimum atomic E-state index is -0.368. The molecule has 120 valence electrons. The highest BCUT2D eigenvalue weighted by Crippen LogP contribution is 2.35. The molecule has 7 nitrogen and oxygen atoms in total. The monoisotopic (exact) mass is 343 g/mol. The molecular weight excluding hydrogens is 334 g/mol. The van der Waals surface area contributed by atoms with Gasteiger partial charge in [-0.2, -0.15) is 0 Å². The third-order valence-corrected chi connectivity index (χ3v) is 3.62. The Bertz CT molecular complexity index is 908. The van der Waals surface area contributed by atoms with E-state index in [0.29, 0.717) is 27.6 Å². The summed E-state index contributed by atoms with van der Waals surface area (Å²) in [5.74, 6) is 1.17. The quantitative estimate of drug-likeness (QED) is 0.784. The SMILES string of the molecule is O=C(Nc1nnc(-c2ccc3c(c2)OCO3)o1)c1ccc(Cl)cc1. The van der Waals surface area contributed by atoms with Crippen LogP contribution in [0, 0.1) is 0 Å². The summed E-state index contributed by atoms with van der Waals surface area (Å²) in [7, 11) is 0. The number of nitrogens with zero attached hydrogens (tertiary/aromatic N) is 2. The first-order chi connectivity index (χ1) is 11.7. The predicted octanol–water partition coefficient (Wildman–Crippen LogP) is 3.37. The molecule has 0 bridgehead atoms. The molecule has 0 saturated heterocycles. The first-order valence-electron chi connectivity index (χ1n) is 6.99. The van der Waals surface area contributed by atoms with Crippen molar-refractivity contribution in [1.82, 2.24) is 10.2 Å². The molecule has 1 aromatic heterocycles. The summed E-state index contributed by atoms with van der Waals surface area (Å²) in [5, 5.41) is 10.8. The van der Waals surface area contributed by atoms with Gasteiger partial charge in [0.05, 0.1) is 0 Å². The number of halogens is 1. The van der Waals surface area contributed by atoms with Crippen LogP contribution in [-0.4, -0.2) is 22.9 Å². The van der Waals surface area contributed by atoms with Gasteiger partial charge in [0.25, 0.3) is 5.91 Å². The van der Waals surface area contributed by atoms with E-state index in [0.717, 1.165) is 0 Å². The molecule has 3 aromatic rings. The van der Waals surface area contributed by atoms with Crippen LogP contribution in [0.15, 0.2) is 46.9 Å². The molecule has 8 heteroatoms. The summed E-state index contributed by atoms with van der Waals surface area (Å²) < 4.78 is 16.0. The van der Waals surface area contributed by atoms with Gasteiger partial charge in [-0.3, -0.25) is 10.1 Å². The van der Waals surface area contributed by atoms with Crippen molar-refractivity contribution in [3.8, 4) is 23.0 Å². The van der Waals surface area contributed by atoms with E-state index in [1.54, 1.807) is 42.5 Å². The van der Waals surface area contributed by atoms with Crippen molar-refractivity contribution in [3.63, 3.8) is 0 Å². The van der Waals surface area contributed by atoms with Crippen molar-refractivity contribution >= 4 is 23.5 Å². The van der Waals surface area contributed by atoms with Gasteiger partial charge in [-0.25, -0.2) is 0 Å². The van der Waals surface area contributed by atoms with E-state index in [1.165, 1.54) is 0 Å². The molecule has 0 aliphatic carbocycles. The second-order valence-corrected chi connectivity index (χ2v) is 5.38. The van der Waals surface area contributed by atoms with Gasteiger partial charge < -0.3 is 13.9 Å². The average Bonchev–Trinajstić information content (AvgIpc) is 3.23. The molecule has 0 unspecified atom stereocenters. The van der Waals surface area contributed by atoms with Crippen molar-refractivity contribution in [2.75, 3.05) is 12.1 Å². The largest absolute Gasteiger partial charge is 0.454 e. The molecule has 0 saturated carbocycles. The van der Waals surface area contributed by atoms with Crippen LogP contribution in [0.3, 0.4) is 0 Å². The summed E-state index contributed by atoms with van der Waals surface area (Å²) in [6.07, 6.45) is 0. The van der Waals surface area contributed by atoms with Crippen LogP contribution in [0.25, 0.3) is 11.5 Å². The standard InChI is InChI=1S/C16H10ClN3O4/c17-11-4-1-9(2-5-11)14(21)18-16-20-19-15(24-16)10-3-6-12-13(7-10)23-8-22-12/h1-7H,8H2,(H,18,20,21). The van der Waals surface area contributed by atoms with Crippen LogP contribution in [-0.2, 0) is 0 Å². The topological polar surface area (TPSA) is 86.5 Å². The molecule has 2 heterocycles. The predicted molar refractivity (Wildman–Crippen MR) is 85.3 cm³/mol. The van der Waals surface area contributed by atoms with Gasteiger partial charge in [0.15, 0.2) is 11.5 Å². The summed E-state index contributed by atoms with van der Waals surface area (Å²) in [5.41, 5.74) is 1.10. The van der Waals surface area contributed by atoms with Gasteiger partial charge >= 0.3 is 6.01 Å². The summed E-state index contributed by atoms with van der Waals surface area (Å²) >= 11 is 5.80. The van der Waals surface area contributed by atoms with E-state index < -0.39 is 0 Å². The lowest BCUT2D eigenvalue weighted by molar-refractivity contribution is 0.102. The molecule has 2 aromatic carbocycles. The van der Waals surface area contributed by atoms with Crippen LogP contribution < -0.4 is 14.8 Å². The Morgan fingerprint density at radius 2 is 1.83 bits per heavy atom. The molecule has 1 aliphatic rings. The fourth-order valence-electron chi connectivity index (χ4n) is 2.19. The van der Waals surface area contributed by atoms with E-state index in [9.17, 15) is 4.79 Å². The first kappa shape index (κ1) is 14.5. The zero-order valence-corrected chi connectivity index (χ0v) is 12.9. The first-order valence-corrected chi connectivity index (χ1v) is 7.37. The molecular formula is C16H10ClN3O4. The maximum Gasteiger partial charge on any atom is 0.322 e. The number of benzene rings is 2. The third kappa shape index (κ3) is 2.77. The number of nitrogens with one attached hydrogen (secondary N) is 1. The molecule has 0 atom stereocenters. The average molecular weight is 344 g/mol. The van der Waals surface area contributed by atoms with Crippen LogP contribution in [0.4, 0.5) is 6.01 Å². The fourth-order valence-corrected chi connectivity index (χ4v) is 2.32. The summed E-state index contributed by atoms with van der Waals surface area (Å²) in [6, 6.07) is 11.7. The highest BCUT2D eigenvalue weighted by atomic mass is 35.5. The number of carbonyl (C=O) groups is 1. The van der Waals surface area contributed by atoms with Gasteiger partial charge in [-0.15, -0.1) is 5.10 Å². The molecule has 1 amide bonds. The summed E-state index contributed by atoms with van der Waals surface area (Å²) in [6.45, 7) is 0.186. The van der Waals surface area contributed by atoms with E-state index in [4.69, 9.17) is 25.5 Å². The van der Waals surface area contributed by atoms with Gasteiger partial charge in [0.1, 0.15) is 0 Å². The maximum absolute atomic E-state index is 12.1. The Balaban J connectivity index is 1.52. The number of carbonyl (C=O) groups excluding carboxylic acids is 1. The lowest BCUT2D eigenvalue weighted by Crippen LogP contribution is -2.11.